The van der Waals surface area contributed by atoms with Crippen LogP contribution >= 0.6 is 11.3 Å². The van der Waals surface area contributed by atoms with Crippen molar-refractivity contribution >= 4 is 38.7 Å². The van der Waals surface area contributed by atoms with Gasteiger partial charge in [-0.05, 0) is 74.3 Å². The zero-order valence-corrected chi connectivity index (χ0v) is 29.5. The molecule has 50 heavy (non-hydrogen) atoms. The Morgan fingerprint density at radius 2 is 1.68 bits per heavy atom. The van der Waals surface area contributed by atoms with Gasteiger partial charge in [-0.2, -0.15) is 0 Å². The van der Waals surface area contributed by atoms with Crippen LogP contribution in [0.25, 0.3) is 21.8 Å². The number of benzene rings is 3. The third kappa shape index (κ3) is 7.92. The average molecular weight is 723 g/mol. The number of rotatable bonds is 12. The first-order chi connectivity index (χ1) is 24.0. The third-order valence-corrected chi connectivity index (χ3v) is 11.2. The van der Waals surface area contributed by atoms with Crippen LogP contribution in [0.15, 0.2) is 71.8 Å². The number of hydrogen-bond acceptors (Lipinski definition) is 9. The van der Waals surface area contributed by atoms with Crippen LogP contribution in [0.4, 0.5) is 30.5 Å². The number of likely N-dealkylation sites (tertiary alicyclic amines) is 1. The van der Waals surface area contributed by atoms with Gasteiger partial charge in [0.05, 0.1) is 34.1 Å². The normalized spacial score (nSPS) is 13.8. The van der Waals surface area contributed by atoms with Crippen LogP contribution in [0.5, 0.6) is 5.75 Å². The van der Waals surface area contributed by atoms with Gasteiger partial charge in [0.1, 0.15) is 23.2 Å². The van der Waals surface area contributed by atoms with Gasteiger partial charge in [0.2, 0.25) is 5.95 Å². The van der Waals surface area contributed by atoms with Gasteiger partial charge in [-0.3, -0.25) is 4.72 Å². The molecule has 262 valence electrons. The van der Waals surface area contributed by atoms with Crippen LogP contribution in [0, 0.1) is 17.5 Å². The summed E-state index contributed by atoms with van der Waals surface area (Å²) >= 11 is 1.42. The molecule has 9 nitrogen and oxygen atoms in total. The Balaban J connectivity index is 1.28. The number of nitrogens with one attached hydrogen (secondary N) is 2. The van der Waals surface area contributed by atoms with Gasteiger partial charge in [-0.25, -0.2) is 36.5 Å². The molecule has 1 aliphatic heterocycles. The lowest BCUT2D eigenvalue weighted by Gasteiger charge is -2.26. The largest absolute Gasteiger partial charge is 0.495 e. The molecule has 0 spiro atoms. The first-order valence-electron chi connectivity index (χ1n) is 16.3. The Bertz CT molecular complexity index is 2080. The summed E-state index contributed by atoms with van der Waals surface area (Å²) in [4.78, 5) is 15.9. The fraction of sp³-hybridized carbons (Fsp3) is 0.306. The van der Waals surface area contributed by atoms with Crippen molar-refractivity contribution in [1.29, 1.82) is 0 Å². The summed E-state index contributed by atoms with van der Waals surface area (Å²) in [6, 6.07) is 14.1. The first-order valence-corrected chi connectivity index (χ1v) is 18.6. The number of methoxy groups -OCH3 is 1. The van der Waals surface area contributed by atoms with E-state index in [1.54, 1.807) is 36.5 Å². The summed E-state index contributed by atoms with van der Waals surface area (Å²) < 4.78 is 77.9. The molecule has 2 N–H and O–H groups in total. The molecule has 3 aromatic carbocycles. The summed E-state index contributed by atoms with van der Waals surface area (Å²) in [5.74, 6) is -2.01. The van der Waals surface area contributed by atoms with E-state index in [-0.39, 0.29) is 23.4 Å². The number of anilines is 3. The Morgan fingerprint density at radius 3 is 2.40 bits per heavy atom. The van der Waals surface area contributed by atoms with Crippen LogP contribution in [0.2, 0.25) is 0 Å². The molecular weight excluding hydrogens is 686 g/mol. The van der Waals surface area contributed by atoms with Crippen LogP contribution in [-0.2, 0) is 16.4 Å². The fourth-order valence-corrected chi connectivity index (χ4v) is 8.06. The summed E-state index contributed by atoms with van der Waals surface area (Å²) in [5.41, 5.74) is 2.65. The van der Waals surface area contributed by atoms with E-state index in [2.05, 4.69) is 19.9 Å². The Hall–Kier alpha value is -4.53. The molecule has 0 aliphatic carbocycles. The van der Waals surface area contributed by atoms with Crippen molar-refractivity contribution in [3.05, 3.63) is 94.9 Å². The van der Waals surface area contributed by atoms with Gasteiger partial charge in [0.25, 0.3) is 10.0 Å². The molecule has 0 saturated carbocycles. The van der Waals surface area contributed by atoms with Crippen molar-refractivity contribution in [2.45, 2.75) is 50.3 Å². The van der Waals surface area contributed by atoms with Crippen LogP contribution in [0.1, 0.15) is 49.6 Å². The Morgan fingerprint density at radius 1 is 0.940 bits per heavy atom. The first kappa shape index (κ1) is 35.3. The molecular formula is C36H37F3N6O3S2. The zero-order valence-electron chi connectivity index (χ0n) is 27.8. The number of nitrogens with zero attached hydrogens (tertiary/aromatic N) is 4. The number of sulfonamides is 1. The quantitative estimate of drug-likeness (QED) is 0.132. The van der Waals surface area contributed by atoms with E-state index in [0.29, 0.717) is 45.2 Å². The van der Waals surface area contributed by atoms with E-state index in [1.165, 1.54) is 49.8 Å². The standard InChI is InChI=1S/C36H37F3N6O3S2/c1-22(2)35-43-32(24-9-7-10-25(19-24)44-50(46,47)34-26(37)11-8-12-27(34)38)33(49-35)29-13-15-40-36(41-29)42-30-21-28(39)23(20-31(30)48-3)14-18-45-16-5-4-6-17-45/h7-13,15,19-22,44H,4-6,14,16-18H2,1-3H3,(H,40,41,42). The number of ether oxygens (including phenoxy) is 1. The minimum Gasteiger partial charge on any atom is -0.495 e. The molecule has 0 radical (unpaired) electrons. The average Bonchev–Trinajstić information content (AvgIpc) is 3.55. The van der Waals surface area contributed by atoms with Gasteiger partial charge < -0.3 is 15.0 Å². The van der Waals surface area contributed by atoms with Crippen molar-refractivity contribution in [3.8, 4) is 27.6 Å². The maximum absolute atomic E-state index is 15.3. The lowest BCUT2D eigenvalue weighted by Crippen LogP contribution is -2.31. The van der Waals surface area contributed by atoms with Crippen molar-refractivity contribution in [3.63, 3.8) is 0 Å². The molecule has 0 unspecified atom stereocenters. The number of aromatic nitrogens is 3. The summed E-state index contributed by atoms with van der Waals surface area (Å²) in [5, 5.41) is 3.92. The lowest BCUT2D eigenvalue weighted by atomic mass is 10.1. The van der Waals surface area contributed by atoms with Gasteiger partial charge in [0, 0.05) is 36.0 Å². The molecule has 0 atom stereocenters. The van der Waals surface area contributed by atoms with E-state index in [1.807, 2.05) is 13.8 Å². The molecule has 0 amide bonds. The molecule has 0 bridgehead atoms. The predicted molar refractivity (Wildman–Crippen MR) is 190 cm³/mol. The van der Waals surface area contributed by atoms with E-state index in [0.717, 1.165) is 42.8 Å². The van der Waals surface area contributed by atoms with Crippen molar-refractivity contribution < 1.29 is 26.3 Å². The Kier molecular flexibility index (Phi) is 10.7. The maximum Gasteiger partial charge on any atom is 0.267 e. The highest BCUT2D eigenvalue weighted by Gasteiger charge is 2.25. The van der Waals surface area contributed by atoms with Crippen molar-refractivity contribution in [2.75, 3.05) is 36.8 Å². The molecule has 1 saturated heterocycles. The molecule has 3 heterocycles. The molecule has 5 aromatic rings. The highest BCUT2D eigenvalue weighted by atomic mass is 32.2. The molecule has 2 aromatic heterocycles. The molecule has 1 fully saturated rings. The van der Waals surface area contributed by atoms with Crippen LogP contribution in [-0.4, -0.2) is 55.0 Å². The van der Waals surface area contributed by atoms with Crippen molar-refractivity contribution in [1.82, 2.24) is 19.9 Å². The second kappa shape index (κ2) is 15.2. The third-order valence-electron chi connectivity index (χ3n) is 8.36. The zero-order chi connectivity index (χ0) is 35.4. The minimum atomic E-state index is -4.59. The Labute approximate surface area is 293 Å². The van der Waals surface area contributed by atoms with E-state index >= 15 is 4.39 Å². The molecule has 6 rings (SSSR count). The van der Waals surface area contributed by atoms with Crippen LogP contribution in [0.3, 0.4) is 0 Å². The number of halogens is 3. The predicted octanol–water partition coefficient (Wildman–Crippen LogP) is 8.39. The summed E-state index contributed by atoms with van der Waals surface area (Å²) in [6.45, 7) is 6.86. The number of hydrogen-bond donors (Lipinski definition) is 2. The van der Waals surface area contributed by atoms with E-state index in [9.17, 15) is 17.2 Å². The lowest BCUT2D eigenvalue weighted by molar-refractivity contribution is 0.231. The monoisotopic (exact) mass is 722 g/mol. The molecule has 1 aliphatic rings. The van der Waals surface area contributed by atoms with Gasteiger partial charge in [-0.1, -0.05) is 38.5 Å². The molecule has 14 heteroatoms. The van der Waals surface area contributed by atoms with Crippen LogP contribution < -0.4 is 14.8 Å². The summed E-state index contributed by atoms with van der Waals surface area (Å²) in [7, 11) is -3.06. The smallest absolute Gasteiger partial charge is 0.267 e. The topological polar surface area (TPSA) is 109 Å². The van der Waals surface area contributed by atoms with Gasteiger partial charge in [-0.15, -0.1) is 11.3 Å². The second-order valence-corrected chi connectivity index (χ2v) is 15.0. The van der Waals surface area contributed by atoms with Gasteiger partial charge >= 0.3 is 0 Å². The minimum absolute atomic E-state index is 0.0679. The van der Waals surface area contributed by atoms with Crippen molar-refractivity contribution in [2.24, 2.45) is 0 Å². The SMILES string of the molecule is COc1cc(CCN2CCCCC2)c(F)cc1Nc1nccc(-c2sc(C(C)C)nc2-c2cccc(NS(=O)(=O)c3c(F)cccc3F)c2)n1. The summed E-state index contributed by atoms with van der Waals surface area (Å²) in [6.07, 6.45) is 5.73. The maximum atomic E-state index is 15.3. The highest BCUT2D eigenvalue weighted by Crippen LogP contribution is 2.40. The number of thiazole rings is 1. The fourth-order valence-electron chi connectivity index (χ4n) is 5.81. The van der Waals surface area contributed by atoms with Gasteiger partial charge in [0.15, 0.2) is 4.90 Å². The van der Waals surface area contributed by atoms with E-state index < -0.39 is 26.6 Å². The highest BCUT2D eigenvalue weighted by molar-refractivity contribution is 7.92. The second-order valence-electron chi connectivity index (χ2n) is 12.3. The van der Waals surface area contributed by atoms with E-state index in [4.69, 9.17) is 14.7 Å². The number of piperidine rings is 1.